The van der Waals surface area contributed by atoms with Gasteiger partial charge in [-0.1, -0.05) is 36.7 Å². The highest BCUT2D eigenvalue weighted by Gasteiger charge is 2.09. The lowest BCUT2D eigenvalue weighted by Crippen LogP contribution is -2.09. The Labute approximate surface area is 129 Å². The van der Waals surface area contributed by atoms with Crippen LogP contribution in [-0.2, 0) is 0 Å². The number of benzene rings is 2. The first-order chi connectivity index (χ1) is 10.3. The molecule has 0 saturated carbocycles. The van der Waals surface area contributed by atoms with Gasteiger partial charge in [0.2, 0.25) is 0 Å². The molecule has 1 N–H and O–H groups in total. The fourth-order valence-electron chi connectivity index (χ4n) is 2.48. The number of hydrogen-bond donors (Lipinski definition) is 1. The molecule has 1 heterocycles. The number of rotatable bonds is 4. The number of aromatic nitrogens is 1. The summed E-state index contributed by atoms with van der Waals surface area (Å²) in [7, 11) is 0. The van der Waals surface area contributed by atoms with E-state index in [0.29, 0.717) is 0 Å². The minimum absolute atomic E-state index is 0.274. The van der Waals surface area contributed by atoms with E-state index in [9.17, 15) is 0 Å². The number of anilines is 1. The van der Waals surface area contributed by atoms with Crippen molar-refractivity contribution in [3.63, 3.8) is 0 Å². The number of hydrogen-bond acceptors (Lipinski definition) is 2. The summed E-state index contributed by atoms with van der Waals surface area (Å²) in [5.74, 6) is 0. The van der Waals surface area contributed by atoms with E-state index < -0.39 is 0 Å². The Hall–Kier alpha value is -2.06. The van der Waals surface area contributed by atoms with Crippen molar-refractivity contribution < 1.29 is 0 Å². The lowest BCUT2D eigenvalue weighted by atomic mass is 10.0. The molecule has 21 heavy (non-hydrogen) atoms. The Morgan fingerprint density at radius 3 is 2.67 bits per heavy atom. The second-order valence-corrected chi connectivity index (χ2v) is 5.50. The van der Waals surface area contributed by atoms with Gasteiger partial charge in [-0.2, -0.15) is 0 Å². The van der Waals surface area contributed by atoms with Crippen LogP contribution < -0.4 is 5.32 Å². The van der Waals surface area contributed by atoms with Crippen LogP contribution in [0.4, 0.5) is 5.69 Å². The number of nitrogens with zero attached hydrogens (tertiary/aromatic N) is 1. The Morgan fingerprint density at radius 2 is 1.90 bits per heavy atom. The van der Waals surface area contributed by atoms with Crippen LogP contribution in [0.1, 0.15) is 24.9 Å². The molecule has 0 aliphatic rings. The third-order valence-corrected chi connectivity index (χ3v) is 3.88. The fourth-order valence-corrected chi connectivity index (χ4v) is 2.61. The van der Waals surface area contributed by atoms with Crippen LogP contribution in [0.2, 0.25) is 5.02 Å². The molecule has 106 valence electrons. The van der Waals surface area contributed by atoms with Crippen molar-refractivity contribution in [1.29, 1.82) is 0 Å². The maximum atomic E-state index is 5.96. The molecular weight excluding hydrogens is 280 g/mol. The topological polar surface area (TPSA) is 24.9 Å². The zero-order valence-corrected chi connectivity index (χ0v) is 12.6. The quantitative estimate of drug-likeness (QED) is 0.692. The number of pyridine rings is 1. The van der Waals surface area contributed by atoms with Crippen molar-refractivity contribution in [1.82, 2.24) is 4.98 Å². The van der Waals surface area contributed by atoms with Gasteiger partial charge in [-0.25, -0.2) is 0 Å². The van der Waals surface area contributed by atoms with Crippen molar-refractivity contribution in [2.75, 3.05) is 5.32 Å². The highest BCUT2D eigenvalue weighted by atomic mass is 35.5. The van der Waals surface area contributed by atoms with Crippen molar-refractivity contribution in [2.24, 2.45) is 0 Å². The van der Waals surface area contributed by atoms with Crippen LogP contribution in [0.15, 0.2) is 60.8 Å². The summed E-state index contributed by atoms with van der Waals surface area (Å²) in [6.07, 6.45) is 2.82. The van der Waals surface area contributed by atoms with Gasteiger partial charge in [0.1, 0.15) is 0 Å². The van der Waals surface area contributed by atoms with Crippen LogP contribution in [0.25, 0.3) is 10.9 Å². The second-order valence-electron chi connectivity index (χ2n) is 5.07. The molecule has 0 aliphatic heterocycles. The third-order valence-electron chi connectivity index (χ3n) is 3.62. The van der Waals surface area contributed by atoms with Crippen LogP contribution in [0.5, 0.6) is 0 Å². The molecular formula is C18H17ClN2. The van der Waals surface area contributed by atoms with E-state index in [0.717, 1.165) is 28.0 Å². The smallest absolute Gasteiger partial charge is 0.0703 e. The first-order valence-electron chi connectivity index (χ1n) is 7.13. The molecule has 0 spiro atoms. The Morgan fingerprint density at radius 1 is 1.10 bits per heavy atom. The normalized spacial score (nSPS) is 12.3. The van der Waals surface area contributed by atoms with E-state index in [1.165, 1.54) is 5.56 Å². The molecule has 0 fully saturated rings. The van der Waals surface area contributed by atoms with Gasteiger partial charge in [-0.3, -0.25) is 4.98 Å². The van der Waals surface area contributed by atoms with E-state index >= 15 is 0 Å². The average molecular weight is 297 g/mol. The van der Waals surface area contributed by atoms with Crippen molar-refractivity contribution in [3.05, 3.63) is 71.4 Å². The molecule has 3 aromatic rings. The van der Waals surface area contributed by atoms with E-state index in [2.05, 4.69) is 47.6 Å². The van der Waals surface area contributed by atoms with Crippen molar-refractivity contribution >= 4 is 28.2 Å². The van der Waals surface area contributed by atoms with Crippen LogP contribution in [0, 0.1) is 0 Å². The summed E-state index contributed by atoms with van der Waals surface area (Å²) in [5.41, 5.74) is 3.37. The molecule has 1 atom stereocenters. The van der Waals surface area contributed by atoms with Crippen LogP contribution in [0.3, 0.4) is 0 Å². The maximum Gasteiger partial charge on any atom is 0.0703 e. The second kappa shape index (κ2) is 6.15. The molecule has 3 rings (SSSR count). The Balaban J connectivity index is 1.86. The molecule has 0 bridgehead atoms. The van der Waals surface area contributed by atoms with Gasteiger partial charge in [0, 0.05) is 22.3 Å². The van der Waals surface area contributed by atoms with Gasteiger partial charge < -0.3 is 5.32 Å². The average Bonchev–Trinajstić information content (AvgIpc) is 2.53. The third kappa shape index (κ3) is 3.17. The van der Waals surface area contributed by atoms with E-state index in [1.807, 2.05) is 30.5 Å². The standard InChI is InChI=1S/C18H17ClN2/c1-2-17(13-5-7-15(19)8-6-13)21-16-9-10-18-14(12-16)4-3-11-20-18/h3-12,17,21H,2H2,1H3. The highest BCUT2D eigenvalue weighted by Crippen LogP contribution is 2.25. The van der Waals surface area contributed by atoms with Crippen LogP contribution >= 0.6 is 11.6 Å². The van der Waals surface area contributed by atoms with Gasteiger partial charge in [0.15, 0.2) is 0 Å². The lowest BCUT2D eigenvalue weighted by Gasteiger charge is -2.19. The van der Waals surface area contributed by atoms with Crippen LogP contribution in [-0.4, -0.2) is 4.98 Å². The Kier molecular flexibility index (Phi) is 4.07. The molecule has 2 nitrogen and oxygen atoms in total. The van der Waals surface area contributed by atoms with Gasteiger partial charge in [0.25, 0.3) is 0 Å². The summed E-state index contributed by atoms with van der Waals surface area (Å²) in [5, 5.41) is 5.50. The minimum atomic E-state index is 0.274. The van der Waals surface area contributed by atoms with Gasteiger partial charge in [0.05, 0.1) is 11.6 Å². The first-order valence-corrected chi connectivity index (χ1v) is 7.51. The highest BCUT2D eigenvalue weighted by molar-refractivity contribution is 6.30. The van der Waals surface area contributed by atoms with Gasteiger partial charge in [-0.15, -0.1) is 0 Å². The summed E-state index contributed by atoms with van der Waals surface area (Å²) in [4.78, 5) is 4.35. The SMILES string of the molecule is CCC(Nc1ccc2ncccc2c1)c1ccc(Cl)cc1. The predicted octanol–water partition coefficient (Wildman–Crippen LogP) is 5.45. The summed E-state index contributed by atoms with van der Waals surface area (Å²) in [6, 6.07) is 18.6. The lowest BCUT2D eigenvalue weighted by molar-refractivity contribution is 0.749. The first kappa shape index (κ1) is 13.9. The van der Waals surface area contributed by atoms with Crippen molar-refractivity contribution in [2.45, 2.75) is 19.4 Å². The molecule has 0 radical (unpaired) electrons. The minimum Gasteiger partial charge on any atom is -0.378 e. The predicted molar refractivity (Wildman–Crippen MR) is 89.8 cm³/mol. The monoisotopic (exact) mass is 296 g/mol. The summed E-state index contributed by atoms with van der Waals surface area (Å²) < 4.78 is 0. The Bertz CT molecular complexity index is 738. The van der Waals surface area contributed by atoms with Crippen molar-refractivity contribution in [3.8, 4) is 0 Å². The van der Waals surface area contributed by atoms with E-state index in [1.54, 1.807) is 0 Å². The van der Waals surface area contributed by atoms with E-state index in [-0.39, 0.29) is 6.04 Å². The molecule has 0 saturated heterocycles. The zero-order valence-electron chi connectivity index (χ0n) is 11.9. The maximum absolute atomic E-state index is 5.96. The number of fused-ring (bicyclic) bond motifs is 1. The summed E-state index contributed by atoms with van der Waals surface area (Å²) in [6.45, 7) is 2.18. The molecule has 3 heteroatoms. The molecule has 0 amide bonds. The zero-order chi connectivity index (χ0) is 14.7. The van der Waals surface area contributed by atoms with Gasteiger partial charge in [-0.05, 0) is 48.4 Å². The molecule has 1 aromatic heterocycles. The number of nitrogens with one attached hydrogen (secondary N) is 1. The largest absolute Gasteiger partial charge is 0.378 e. The van der Waals surface area contributed by atoms with E-state index in [4.69, 9.17) is 11.6 Å². The molecule has 0 aliphatic carbocycles. The molecule has 2 aromatic carbocycles. The number of halogens is 1. The molecule has 1 unspecified atom stereocenters. The van der Waals surface area contributed by atoms with Gasteiger partial charge >= 0.3 is 0 Å². The summed E-state index contributed by atoms with van der Waals surface area (Å²) >= 11 is 5.96. The fraction of sp³-hybridized carbons (Fsp3) is 0.167.